The van der Waals surface area contributed by atoms with Crippen LogP contribution in [0.25, 0.3) is 0 Å². The molecule has 21 heavy (non-hydrogen) atoms. The highest BCUT2D eigenvalue weighted by molar-refractivity contribution is 5.20. The molecule has 0 aromatic heterocycles. The van der Waals surface area contributed by atoms with E-state index in [1.54, 1.807) is 0 Å². The van der Waals surface area contributed by atoms with E-state index >= 15 is 0 Å². The standard InChI is InChI=1S/C18H30N2O/c1-3-9-17-15-20(12-8-13-21-4-2)18(14-19-17)16-10-6-5-7-11-16/h5-7,10-11,17-19H,3-4,8-9,12-15H2,1-2H3. The van der Waals surface area contributed by atoms with Gasteiger partial charge >= 0.3 is 0 Å². The molecule has 3 nitrogen and oxygen atoms in total. The molecule has 1 aliphatic heterocycles. The van der Waals surface area contributed by atoms with Gasteiger partial charge in [0.25, 0.3) is 0 Å². The van der Waals surface area contributed by atoms with Crippen molar-refractivity contribution >= 4 is 0 Å². The predicted molar refractivity (Wildman–Crippen MR) is 88.6 cm³/mol. The van der Waals surface area contributed by atoms with Crippen LogP contribution in [0.1, 0.15) is 44.7 Å². The van der Waals surface area contributed by atoms with Gasteiger partial charge in [0.2, 0.25) is 0 Å². The normalized spacial score (nSPS) is 23.3. The summed E-state index contributed by atoms with van der Waals surface area (Å²) in [7, 11) is 0. The monoisotopic (exact) mass is 290 g/mol. The molecule has 0 saturated carbocycles. The molecule has 2 unspecified atom stereocenters. The highest BCUT2D eigenvalue weighted by atomic mass is 16.5. The summed E-state index contributed by atoms with van der Waals surface area (Å²) in [4.78, 5) is 2.64. The van der Waals surface area contributed by atoms with E-state index in [9.17, 15) is 0 Å². The predicted octanol–water partition coefficient (Wildman–Crippen LogP) is 3.23. The average Bonchev–Trinajstić information content (AvgIpc) is 2.53. The van der Waals surface area contributed by atoms with Crippen LogP contribution in [-0.2, 0) is 4.74 Å². The van der Waals surface area contributed by atoms with Crippen molar-refractivity contribution in [3.05, 3.63) is 35.9 Å². The molecule has 0 amide bonds. The van der Waals surface area contributed by atoms with E-state index in [0.717, 1.165) is 39.3 Å². The minimum Gasteiger partial charge on any atom is -0.382 e. The SMILES string of the molecule is CCCC1CN(CCCOCC)C(c2ccccc2)CN1. The number of hydrogen-bond donors (Lipinski definition) is 1. The summed E-state index contributed by atoms with van der Waals surface area (Å²) < 4.78 is 5.50. The Morgan fingerprint density at radius 1 is 1.24 bits per heavy atom. The van der Waals surface area contributed by atoms with Crippen molar-refractivity contribution in [3.63, 3.8) is 0 Å². The zero-order chi connectivity index (χ0) is 14.9. The van der Waals surface area contributed by atoms with Crippen molar-refractivity contribution < 1.29 is 4.74 Å². The Hall–Kier alpha value is -0.900. The highest BCUT2D eigenvalue weighted by Crippen LogP contribution is 2.24. The summed E-state index contributed by atoms with van der Waals surface area (Å²) in [6.45, 7) is 9.37. The molecule has 3 heteroatoms. The Bertz CT molecular complexity index is 382. The maximum Gasteiger partial charge on any atom is 0.0478 e. The smallest absolute Gasteiger partial charge is 0.0478 e. The molecular formula is C18H30N2O. The Morgan fingerprint density at radius 3 is 2.76 bits per heavy atom. The summed E-state index contributed by atoms with van der Waals surface area (Å²) in [5.74, 6) is 0. The highest BCUT2D eigenvalue weighted by Gasteiger charge is 2.27. The van der Waals surface area contributed by atoms with Gasteiger partial charge in [-0.25, -0.2) is 0 Å². The lowest BCUT2D eigenvalue weighted by molar-refractivity contribution is 0.0952. The van der Waals surface area contributed by atoms with Gasteiger partial charge in [-0.15, -0.1) is 0 Å². The molecular weight excluding hydrogens is 260 g/mol. The fraction of sp³-hybridized carbons (Fsp3) is 0.667. The number of piperazine rings is 1. The second-order valence-electron chi connectivity index (χ2n) is 5.87. The average molecular weight is 290 g/mol. The Morgan fingerprint density at radius 2 is 2.05 bits per heavy atom. The molecule has 2 rings (SSSR count). The fourth-order valence-corrected chi connectivity index (χ4v) is 3.19. The van der Waals surface area contributed by atoms with Crippen LogP contribution in [-0.4, -0.2) is 43.8 Å². The lowest BCUT2D eigenvalue weighted by atomic mass is 9.99. The molecule has 1 aliphatic rings. The maximum absolute atomic E-state index is 5.50. The van der Waals surface area contributed by atoms with Gasteiger partial charge in [-0.05, 0) is 25.3 Å². The molecule has 0 spiro atoms. The summed E-state index contributed by atoms with van der Waals surface area (Å²) in [6, 6.07) is 12.0. The van der Waals surface area contributed by atoms with Crippen LogP contribution < -0.4 is 5.32 Å². The first kappa shape index (κ1) is 16.5. The number of hydrogen-bond acceptors (Lipinski definition) is 3. The van der Waals surface area contributed by atoms with E-state index in [0.29, 0.717) is 12.1 Å². The fourth-order valence-electron chi connectivity index (χ4n) is 3.19. The Kier molecular flexibility index (Phi) is 7.20. The summed E-state index contributed by atoms with van der Waals surface area (Å²) in [6.07, 6.45) is 3.64. The second-order valence-corrected chi connectivity index (χ2v) is 5.87. The lowest BCUT2D eigenvalue weighted by Gasteiger charge is -2.41. The summed E-state index contributed by atoms with van der Waals surface area (Å²) in [5.41, 5.74) is 1.43. The van der Waals surface area contributed by atoms with Gasteiger partial charge < -0.3 is 10.1 Å². The number of nitrogens with zero attached hydrogens (tertiary/aromatic N) is 1. The van der Waals surface area contributed by atoms with Gasteiger partial charge in [-0.2, -0.15) is 0 Å². The van der Waals surface area contributed by atoms with Crippen molar-refractivity contribution in [2.75, 3.05) is 32.8 Å². The Labute approximate surface area is 129 Å². The molecule has 1 heterocycles. The van der Waals surface area contributed by atoms with Gasteiger partial charge in [0.15, 0.2) is 0 Å². The van der Waals surface area contributed by atoms with Gasteiger partial charge in [0, 0.05) is 44.9 Å². The van der Waals surface area contributed by atoms with Crippen LogP contribution in [0.3, 0.4) is 0 Å². The Balaban J connectivity index is 1.96. The maximum atomic E-state index is 5.50. The second kappa shape index (κ2) is 9.19. The molecule has 1 saturated heterocycles. The zero-order valence-corrected chi connectivity index (χ0v) is 13.6. The van der Waals surface area contributed by atoms with Gasteiger partial charge in [-0.3, -0.25) is 4.90 Å². The van der Waals surface area contributed by atoms with E-state index in [1.807, 2.05) is 0 Å². The zero-order valence-electron chi connectivity index (χ0n) is 13.6. The first-order valence-electron chi connectivity index (χ1n) is 8.45. The quantitative estimate of drug-likeness (QED) is 0.744. The topological polar surface area (TPSA) is 24.5 Å². The van der Waals surface area contributed by atoms with E-state index in [2.05, 4.69) is 54.4 Å². The molecule has 0 bridgehead atoms. The molecule has 1 aromatic rings. The van der Waals surface area contributed by atoms with E-state index in [-0.39, 0.29) is 0 Å². The third-order valence-corrected chi connectivity index (χ3v) is 4.26. The number of nitrogens with one attached hydrogen (secondary N) is 1. The van der Waals surface area contributed by atoms with Crippen molar-refractivity contribution in [2.24, 2.45) is 0 Å². The summed E-state index contributed by atoms with van der Waals surface area (Å²) >= 11 is 0. The van der Waals surface area contributed by atoms with E-state index in [4.69, 9.17) is 4.74 Å². The van der Waals surface area contributed by atoms with Crippen molar-refractivity contribution in [1.82, 2.24) is 10.2 Å². The minimum absolute atomic E-state index is 0.501. The van der Waals surface area contributed by atoms with Gasteiger partial charge in [-0.1, -0.05) is 43.7 Å². The molecule has 1 fully saturated rings. The van der Waals surface area contributed by atoms with Gasteiger partial charge in [0.1, 0.15) is 0 Å². The summed E-state index contributed by atoms with van der Waals surface area (Å²) in [5, 5.41) is 3.73. The van der Waals surface area contributed by atoms with Crippen LogP contribution in [0.5, 0.6) is 0 Å². The largest absolute Gasteiger partial charge is 0.382 e. The third-order valence-electron chi connectivity index (χ3n) is 4.26. The minimum atomic E-state index is 0.501. The van der Waals surface area contributed by atoms with Crippen LogP contribution in [0.2, 0.25) is 0 Å². The van der Waals surface area contributed by atoms with Crippen LogP contribution >= 0.6 is 0 Å². The van der Waals surface area contributed by atoms with Crippen LogP contribution in [0.15, 0.2) is 30.3 Å². The van der Waals surface area contributed by atoms with Crippen LogP contribution in [0.4, 0.5) is 0 Å². The van der Waals surface area contributed by atoms with Crippen molar-refractivity contribution in [1.29, 1.82) is 0 Å². The number of ether oxygens (including phenoxy) is 1. The molecule has 1 N–H and O–H groups in total. The van der Waals surface area contributed by atoms with Crippen molar-refractivity contribution in [2.45, 2.75) is 45.2 Å². The van der Waals surface area contributed by atoms with Crippen LogP contribution in [0, 0.1) is 0 Å². The number of benzene rings is 1. The first-order valence-corrected chi connectivity index (χ1v) is 8.45. The number of rotatable bonds is 8. The van der Waals surface area contributed by atoms with Crippen molar-refractivity contribution in [3.8, 4) is 0 Å². The molecule has 1 aromatic carbocycles. The molecule has 2 atom stereocenters. The van der Waals surface area contributed by atoms with E-state index in [1.165, 1.54) is 18.4 Å². The molecule has 118 valence electrons. The van der Waals surface area contributed by atoms with Gasteiger partial charge in [0.05, 0.1) is 0 Å². The third kappa shape index (κ3) is 5.10. The molecule has 0 radical (unpaired) electrons. The van der Waals surface area contributed by atoms with E-state index < -0.39 is 0 Å². The lowest BCUT2D eigenvalue weighted by Crippen LogP contribution is -2.52. The molecule has 0 aliphatic carbocycles. The first-order chi connectivity index (χ1) is 10.3.